The summed E-state index contributed by atoms with van der Waals surface area (Å²) in [5.41, 5.74) is 6.94. The second-order valence-corrected chi connectivity index (χ2v) is 5.62. The fraction of sp³-hybridized carbons (Fsp3) is 0.444. The molecule has 114 valence electrons. The Morgan fingerprint density at radius 2 is 1.86 bits per heavy atom. The van der Waals surface area contributed by atoms with Crippen LogP contribution in [0.2, 0.25) is 0 Å². The minimum atomic E-state index is 0.554. The van der Waals surface area contributed by atoms with Crippen LogP contribution in [-0.4, -0.2) is 26.4 Å². The maximum Gasteiger partial charge on any atom is 0.123 e. The molecule has 0 unspecified atom stereocenters. The normalized spacial score (nSPS) is 11.2. The molecule has 0 amide bonds. The molecule has 2 rings (SSSR count). The molecule has 0 fully saturated rings. The van der Waals surface area contributed by atoms with Gasteiger partial charge < -0.3 is 15.2 Å². The van der Waals surface area contributed by atoms with Crippen LogP contribution in [0.1, 0.15) is 19.4 Å². The van der Waals surface area contributed by atoms with E-state index < -0.39 is 0 Å². The SMILES string of the molecule is CC(C)COCCOc1ccc2ccccc2c1CCN. The minimum Gasteiger partial charge on any atom is -0.491 e. The highest BCUT2D eigenvalue weighted by Gasteiger charge is 2.08. The van der Waals surface area contributed by atoms with E-state index in [0.717, 1.165) is 18.8 Å². The Kier molecular flexibility index (Phi) is 6.03. The van der Waals surface area contributed by atoms with Gasteiger partial charge in [-0.05, 0) is 35.7 Å². The van der Waals surface area contributed by atoms with E-state index in [9.17, 15) is 0 Å². The van der Waals surface area contributed by atoms with E-state index in [1.165, 1.54) is 16.3 Å². The van der Waals surface area contributed by atoms with Gasteiger partial charge in [0.2, 0.25) is 0 Å². The highest BCUT2D eigenvalue weighted by molar-refractivity contribution is 5.87. The van der Waals surface area contributed by atoms with Crippen molar-refractivity contribution in [3.8, 4) is 5.75 Å². The summed E-state index contributed by atoms with van der Waals surface area (Å²) in [5.74, 6) is 1.48. The lowest BCUT2D eigenvalue weighted by Gasteiger charge is -2.14. The first-order chi connectivity index (χ1) is 10.2. The molecule has 0 aromatic heterocycles. The van der Waals surface area contributed by atoms with Gasteiger partial charge in [0.25, 0.3) is 0 Å². The Hall–Kier alpha value is -1.58. The van der Waals surface area contributed by atoms with Gasteiger partial charge in [0, 0.05) is 12.2 Å². The molecule has 2 N–H and O–H groups in total. The topological polar surface area (TPSA) is 44.5 Å². The molecular formula is C18H25NO2. The van der Waals surface area contributed by atoms with Crippen molar-refractivity contribution in [2.75, 3.05) is 26.4 Å². The Morgan fingerprint density at radius 1 is 1.05 bits per heavy atom. The summed E-state index contributed by atoms with van der Waals surface area (Å²) < 4.78 is 11.5. The number of hydrogen-bond donors (Lipinski definition) is 1. The zero-order chi connectivity index (χ0) is 15.1. The molecule has 0 aliphatic carbocycles. The van der Waals surface area contributed by atoms with Crippen LogP contribution in [0, 0.1) is 5.92 Å². The molecule has 0 aliphatic heterocycles. The van der Waals surface area contributed by atoms with Crippen LogP contribution >= 0.6 is 0 Å². The van der Waals surface area contributed by atoms with Crippen molar-refractivity contribution in [1.29, 1.82) is 0 Å². The van der Waals surface area contributed by atoms with Gasteiger partial charge in [0.05, 0.1) is 6.61 Å². The third-order valence-corrected chi connectivity index (χ3v) is 3.33. The molecule has 2 aromatic rings. The fourth-order valence-corrected chi connectivity index (χ4v) is 2.38. The zero-order valence-electron chi connectivity index (χ0n) is 13.0. The van der Waals surface area contributed by atoms with Crippen molar-refractivity contribution in [2.45, 2.75) is 20.3 Å². The molecule has 0 heterocycles. The van der Waals surface area contributed by atoms with Gasteiger partial charge in [-0.1, -0.05) is 44.2 Å². The second kappa shape index (κ2) is 8.01. The quantitative estimate of drug-likeness (QED) is 0.757. The van der Waals surface area contributed by atoms with Crippen LogP contribution in [0.25, 0.3) is 10.8 Å². The molecule has 0 saturated carbocycles. The maximum atomic E-state index is 5.90. The van der Waals surface area contributed by atoms with E-state index in [4.69, 9.17) is 15.2 Å². The Morgan fingerprint density at radius 3 is 2.62 bits per heavy atom. The third-order valence-electron chi connectivity index (χ3n) is 3.33. The molecule has 0 saturated heterocycles. The summed E-state index contributed by atoms with van der Waals surface area (Å²) in [7, 11) is 0. The lowest BCUT2D eigenvalue weighted by atomic mass is 10.0. The molecule has 21 heavy (non-hydrogen) atoms. The minimum absolute atomic E-state index is 0.554. The number of ether oxygens (including phenoxy) is 2. The van der Waals surface area contributed by atoms with Crippen molar-refractivity contribution < 1.29 is 9.47 Å². The number of fused-ring (bicyclic) bond motifs is 1. The van der Waals surface area contributed by atoms with Crippen molar-refractivity contribution in [3.63, 3.8) is 0 Å². The number of hydrogen-bond acceptors (Lipinski definition) is 3. The first-order valence-electron chi connectivity index (χ1n) is 7.63. The lowest BCUT2D eigenvalue weighted by Crippen LogP contribution is -2.12. The molecule has 2 aromatic carbocycles. The summed E-state index contributed by atoms with van der Waals surface area (Å²) >= 11 is 0. The smallest absolute Gasteiger partial charge is 0.123 e. The summed E-state index contributed by atoms with van der Waals surface area (Å²) in [6.45, 7) is 6.87. The average Bonchev–Trinajstić information content (AvgIpc) is 2.48. The molecule has 0 aliphatic rings. The van der Waals surface area contributed by atoms with Gasteiger partial charge in [-0.15, -0.1) is 0 Å². The van der Waals surface area contributed by atoms with Gasteiger partial charge >= 0.3 is 0 Å². The van der Waals surface area contributed by atoms with Crippen molar-refractivity contribution in [2.24, 2.45) is 11.7 Å². The predicted molar refractivity (Wildman–Crippen MR) is 87.9 cm³/mol. The summed E-state index contributed by atoms with van der Waals surface area (Å²) in [5, 5.41) is 2.45. The largest absolute Gasteiger partial charge is 0.491 e. The van der Waals surface area contributed by atoms with Crippen LogP contribution in [-0.2, 0) is 11.2 Å². The van der Waals surface area contributed by atoms with E-state index in [1.807, 2.05) is 6.07 Å². The van der Waals surface area contributed by atoms with Crippen LogP contribution < -0.4 is 10.5 Å². The molecular weight excluding hydrogens is 262 g/mol. The van der Waals surface area contributed by atoms with Crippen LogP contribution in [0.5, 0.6) is 5.75 Å². The Balaban J connectivity index is 2.06. The van der Waals surface area contributed by atoms with Gasteiger partial charge in [-0.2, -0.15) is 0 Å². The van der Waals surface area contributed by atoms with Crippen LogP contribution in [0.4, 0.5) is 0 Å². The standard InChI is InChI=1S/C18H25NO2/c1-14(2)13-20-11-12-21-18-8-7-15-5-3-4-6-16(15)17(18)9-10-19/h3-8,14H,9-13,19H2,1-2H3. The van der Waals surface area contributed by atoms with Crippen molar-refractivity contribution >= 4 is 10.8 Å². The van der Waals surface area contributed by atoms with Crippen LogP contribution in [0.3, 0.4) is 0 Å². The van der Waals surface area contributed by atoms with Gasteiger partial charge in [-0.3, -0.25) is 0 Å². The fourth-order valence-electron chi connectivity index (χ4n) is 2.38. The molecule has 0 bridgehead atoms. The van der Waals surface area contributed by atoms with Gasteiger partial charge in [-0.25, -0.2) is 0 Å². The first kappa shape index (κ1) is 15.8. The first-order valence-corrected chi connectivity index (χ1v) is 7.63. The molecule has 3 heteroatoms. The maximum absolute atomic E-state index is 5.90. The number of nitrogens with two attached hydrogens (primary N) is 1. The van der Waals surface area contributed by atoms with Crippen LogP contribution in [0.15, 0.2) is 36.4 Å². The van der Waals surface area contributed by atoms with Gasteiger partial charge in [0.1, 0.15) is 12.4 Å². The second-order valence-electron chi connectivity index (χ2n) is 5.62. The lowest BCUT2D eigenvalue weighted by molar-refractivity contribution is 0.0817. The summed E-state index contributed by atoms with van der Waals surface area (Å²) in [4.78, 5) is 0. The summed E-state index contributed by atoms with van der Waals surface area (Å²) in [6.07, 6.45) is 0.823. The van der Waals surface area contributed by atoms with E-state index in [-0.39, 0.29) is 0 Å². The Labute approximate surface area is 127 Å². The average molecular weight is 287 g/mol. The third kappa shape index (κ3) is 4.45. The molecule has 0 radical (unpaired) electrons. The van der Waals surface area contributed by atoms with Crippen molar-refractivity contribution in [3.05, 3.63) is 42.0 Å². The van der Waals surface area contributed by atoms with E-state index >= 15 is 0 Å². The van der Waals surface area contributed by atoms with E-state index in [0.29, 0.717) is 25.7 Å². The zero-order valence-corrected chi connectivity index (χ0v) is 13.0. The van der Waals surface area contributed by atoms with E-state index in [2.05, 4.69) is 44.2 Å². The van der Waals surface area contributed by atoms with E-state index in [1.54, 1.807) is 0 Å². The highest BCUT2D eigenvalue weighted by Crippen LogP contribution is 2.28. The predicted octanol–water partition coefficient (Wildman–Crippen LogP) is 3.39. The molecule has 3 nitrogen and oxygen atoms in total. The monoisotopic (exact) mass is 287 g/mol. The van der Waals surface area contributed by atoms with Crippen molar-refractivity contribution in [1.82, 2.24) is 0 Å². The highest BCUT2D eigenvalue weighted by atomic mass is 16.5. The number of benzene rings is 2. The van der Waals surface area contributed by atoms with Gasteiger partial charge in [0.15, 0.2) is 0 Å². The summed E-state index contributed by atoms with van der Waals surface area (Å²) in [6, 6.07) is 12.5. The Bertz CT molecular complexity index is 566. The number of rotatable bonds is 8. The molecule has 0 spiro atoms. The molecule has 0 atom stereocenters.